The third-order valence-electron chi connectivity index (χ3n) is 2.52. The molecule has 0 heterocycles. The van der Waals surface area contributed by atoms with Gasteiger partial charge in [0.25, 0.3) is 0 Å². The number of hydrogen-bond donors (Lipinski definition) is 2. The van der Waals surface area contributed by atoms with Crippen LogP contribution in [0, 0.1) is 5.92 Å². The molecule has 0 aliphatic heterocycles. The molecule has 0 unspecified atom stereocenters. The van der Waals surface area contributed by atoms with E-state index in [0.717, 1.165) is 0 Å². The minimum absolute atomic E-state index is 0.321. The molecule has 5 nitrogen and oxygen atoms in total. The average molecular weight is 340 g/mol. The summed E-state index contributed by atoms with van der Waals surface area (Å²) in [6.45, 7) is 3.25. The van der Waals surface area contributed by atoms with Gasteiger partial charge in [-0.3, -0.25) is 4.79 Å². The number of nitrogens with one attached hydrogen (secondary N) is 1. The highest BCUT2D eigenvalue weighted by Crippen LogP contribution is 2.20. The number of carbonyl (C=O) groups is 1. The first kappa shape index (κ1) is 17.2. The Balaban J connectivity index is 2.92. The van der Waals surface area contributed by atoms with Crippen molar-refractivity contribution in [1.82, 2.24) is 4.72 Å². The molecule has 0 saturated carbocycles. The standard InChI is InChI=1S/C12H15Cl2NO4S/c1-7(2)11(12(16)17)15-20(18,19)6-8-3-9(13)5-10(14)4-8/h3-5,7,11,15H,6H2,1-2H3,(H,16,17)/t11-/m0/s1. The number of carboxylic acid groups (broad SMARTS) is 1. The van der Waals surface area contributed by atoms with E-state index in [4.69, 9.17) is 28.3 Å². The van der Waals surface area contributed by atoms with Crippen molar-refractivity contribution >= 4 is 39.2 Å². The second kappa shape index (κ2) is 6.76. The maximum atomic E-state index is 12.0. The van der Waals surface area contributed by atoms with Crippen LogP contribution in [0.15, 0.2) is 18.2 Å². The van der Waals surface area contributed by atoms with Crippen LogP contribution >= 0.6 is 23.2 Å². The minimum Gasteiger partial charge on any atom is -0.480 e. The van der Waals surface area contributed by atoms with Crippen LogP contribution in [0.25, 0.3) is 0 Å². The second-order valence-electron chi connectivity index (χ2n) is 4.71. The van der Waals surface area contributed by atoms with Gasteiger partial charge in [0.2, 0.25) is 10.0 Å². The zero-order chi connectivity index (χ0) is 15.5. The van der Waals surface area contributed by atoms with Gasteiger partial charge in [0.15, 0.2) is 0 Å². The molecule has 0 bridgehead atoms. The molecular weight excluding hydrogens is 325 g/mol. The highest BCUT2D eigenvalue weighted by Gasteiger charge is 2.27. The number of aliphatic carboxylic acids is 1. The van der Waals surface area contributed by atoms with E-state index in [9.17, 15) is 13.2 Å². The van der Waals surface area contributed by atoms with Crippen molar-refractivity contribution < 1.29 is 18.3 Å². The van der Waals surface area contributed by atoms with Crippen molar-refractivity contribution in [3.63, 3.8) is 0 Å². The molecule has 112 valence electrons. The third kappa shape index (κ3) is 5.28. The fourth-order valence-corrected chi connectivity index (χ4v) is 3.64. The predicted molar refractivity (Wildman–Crippen MR) is 78.5 cm³/mol. The van der Waals surface area contributed by atoms with Crippen molar-refractivity contribution in [2.24, 2.45) is 5.92 Å². The van der Waals surface area contributed by atoms with Gasteiger partial charge in [0.05, 0.1) is 5.75 Å². The molecule has 1 aromatic carbocycles. The summed E-state index contributed by atoms with van der Waals surface area (Å²) >= 11 is 11.6. The van der Waals surface area contributed by atoms with E-state index < -0.39 is 22.0 Å². The fourth-order valence-electron chi connectivity index (χ4n) is 1.62. The van der Waals surface area contributed by atoms with E-state index in [-0.39, 0.29) is 11.7 Å². The molecule has 0 aliphatic carbocycles. The molecule has 20 heavy (non-hydrogen) atoms. The van der Waals surface area contributed by atoms with Gasteiger partial charge in [-0.05, 0) is 29.7 Å². The molecule has 0 amide bonds. The van der Waals surface area contributed by atoms with E-state index >= 15 is 0 Å². The average Bonchev–Trinajstić information content (AvgIpc) is 2.22. The zero-order valence-electron chi connectivity index (χ0n) is 10.9. The number of halogens is 2. The normalized spacial score (nSPS) is 13.4. The summed E-state index contributed by atoms with van der Waals surface area (Å²) in [6, 6.07) is 3.26. The lowest BCUT2D eigenvalue weighted by Crippen LogP contribution is -2.44. The Kier molecular flexibility index (Phi) is 5.82. The van der Waals surface area contributed by atoms with Gasteiger partial charge in [0.1, 0.15) is 6.04 Å². The van der Waals surface area contributed by atoms with Crippen LogP contribution in [0.5, 0.6) is 0 Å². The van der Waals surface area contributed by atoms with Crippen LogP contribution in [-0.4, -0.2) is 25.5 Å². The summed E-state index contributed by atoms with van der Waals surface area (Å²) in [5, 5.41) is 9.63. The first-order valence-electron chi connectivity index (χ1n) is 5.78. The molecule has 0 radical (unpaired) electrons. The summed E-state index contributed by atoms with van der Waals surface area (Å²) in [7, 11) is -3.81. The van der Waals surface area contributed by atoms with E-state index in [1.54, 1.807) is 13.8 Å². The Hall–Kier alpha value is -0.820. The monoisotopic (exact) mass is 339 g/mol. The van der Waals surface area contributed by atoms with Gasteiger partial charge in [-0.1, -0.05) is 37.0 Å². The van der Waals surface area contributed by atoms with Gasteiger partial charge in [0, 0.05) is 10.0 Å². The highest BCUT2D eigenvalue weighted by atomic mass is 35.5. The van der Waals surface area contributed by atoms with E-state index in [0.29, 0.717) is 15.6 Å². The van der Waals surface area contributed by atoms with Crippen LogP contribution in [0.2, 0.25) is 10.0 Å². The predicted octanol–water partition coefficient (Wildman–Crippen LogP) is 2.52. The maximum absolute atomic E-state index is 12.0. The summed E-state index contributed by atoms with van der Waals surface area (Å²) in [6.07, 6.45) is 0. The van der Waals surface area contributed by atoms with Crippen molar-refractivity contribution in [2.75, 3.05) is 0 Å². The van der Waals surface area contributed by atoms with Crippen molar-refractivity contribution in [3.05, 3.63) is 33.8 Å². The smallest absolute Gasteiger partial charge is 0.321 e. The van der Waals surface area contributed by atoms with Crippen LogP contribution in [0.3, 0.4) is 0 Å². The quantitative estimate of drug-likeness (QED) is 0.834. The zero-order valence-corrected chi connectivity index (χ0v) is 13.3. The van der Waals surface area contributed by atoms with Crippen molar-refractivity contribution in [2.45, 2.75) is 25.6 Å². The second-order valence-corrected chi connectivity index (χ2v) is 7.34. The lowest BCUT2D eigenvalue weighted by atomic mass is 10.1. The molecule has 0 saturated heterocycles. The van der Waals surface area contributed by atoms with Gasteiger partial charge >= 0.3 is 5.97 Å². The largest absolute Gasteiger partial charge is 0.480 e. The number of hydrogen-bond acceptors (Lipinski definition) is 3. The molecule has 1 rings (SSSR count). The first-order chi connectivity index (χ1) is 9.10. The Labute approximate surface area is 127 Å². The molecular formula is C12H15Cl2NO4S. The van der Waals surface area contributed by atoms with Gasteiger partial charge in [-0.25, -0.2) is 13.1 Å². The number of rotatable bonds is 6. The third-order valence-corrected chi connectivity index (χ3v) is 4.28. The van der Waals surface area contributed by atoms with Crippen LogP contribution < -0.4 is 4.72 Å². The Morgan fingerprint density at radius 1 is 1.25 bits per heavy atom. The van der Waals surface area contributed by atoms with E-state index in [1.807, 2.05) is 0 Å². The highest BCUT2D eigenvalue weighted by molar-refractivity contribution is 7.88. The molecule has 0 fully saturated rings. The van der Waals surface area contributed by atoms with Gasteiger partial charge in [-0.2, -0.15) is 0 Å². The van der Waals surface area contributed by atoms with Crippen LogP contribution in [-0.2, 0) is 20.6 Å². The van der Waals surface area contributed by atoms with Crippen LogP contribution in [0.4, 0.5) is 0 Å². The number of benzene rings is 1. The van der Waals surface area contributed by atoms with Crippen molar-refractivity contribution in [3.8, 4) is 0 Å². The topological polar surface area (TPSA) is 83.5 Å². The summed E-state index contributed by atoms with van der Waals surface area (Å²) in [5.41, 5.74) is 0.392. The summed E-state index contributed by atoms with van der Waals surface area (Å²) < 4.78 is 26.1. The minimum atomic E-state index is -3.81. The first-order valence-corrected chi connectivity index (χ1v) is 8.19. The lowest BCUT2D eigenvalue weighted by molar-refractivity contribution is -0.140. The molecule has 1 aromatic rings. The molecule has 0 aliphatic rings. The number of carboxylic acids is 1. The van der Waals surface area contributed by atoms with E-state index in [1.165, 1.54) is 18.2 Å². The van der Waals surface area contributed by atoms with Crippen LogP contribution in [0.1, 0.15) is 19.4 Å². The SMILES string of the molecule is CC(C)[C@H](NS(=O)(=O)Cc1cc(Cl)cc(Cl)c1)C(=O)O. The number of sulfonamides is 1. The molecule has 2 N–H and O–H groups in total. The fraction of sp³-hybridized carbons (Fsp3) is 0.417. The molecule has 0 spiro atoms. The van der Waals surface area contributed by atoms with E-state index in [2.05, 4.69) is 4.72 Å². The molecule has 8 heteroatoms. The van der Waals surface area contributed by atoms with Crippen molar-refractivity contribution in [1.29, 1.82) is 0 Å². The Bertz CT molecular complexity index is 581. The lowest BCUT2D eigenvalue weighted by Gasteiger charge is -2.18. The molecule has 1 atom stereocenters. The van der Waals surface area contributed by atoms with Gasteiger partial charge < -0.3 is 5.11 Å². The Morgan fingerprint density at radius 2 is 1.75 bits per heavy atom. The van der Waals surface area contributed by atoms with Gasteiger partial charge in [-0.15, -0.1) is 0 Å². The summed E-state index contributed by atoms with van der Waals surface area (Å²) in [4.78, 5) is 11.0. The Morgan fingerprint density at radius 3 is 2.15 bits per heavy atom. The summed E-state index contributed by atoms with van der Waals surface area (Å²) in [5.74, 6) is -1.97. The molecule has 0 aromatic heterocycles. The maximum Gasteiger partial charge on any atom is 0.321 e.